The molecule has 0 aromatic rings. The molecule has 7 heavy (non-hydrogen) atoms. The zero-order chi connectivity index (χ0) is 5.28. The summed E-state index contributed by atoms with van der Waals surface area (Å²) in [6, 6.07) is 0. The van der Waals surface area contributed by atoms with E-state index < -0.39 is 0 Å². The molecule has 40 valence electrons. The highest BCUT2D eigenvalue weighted by Crippen LogP contribution is 2.09. The van der Waals surface area contributed by atoms with E-state index in [0.29, 0.717) is 6.61 Å². The van der Waals surface area contributed by atoms with E-state index in [4.69, 9.17) is 0 Å². The van der Waals surface area contributed by atoms with Gasteiger partial charge in [0, 0.05) is 6.92 Å². The second-order valence-corrected chi connectivity index (χ2v) is 1.37. The molecule has 0 aromatic heterocycles. The summed E-state index contributed by atoms with van der Waals surface area (Å²) in [4.78, 5) is 9.99. The van der Waals surface area contributed by atoms with Crippen LogP contribution in [-0.4, -0.2) is 18.9 Å². The van der Waals surface area contributed by atoms with E-state index >= 15 is 0 Å². The molecule has 0 radical (unpaired) electrons. The molecule has 0 aliphatic carbocycles. The van der Waals surface area contributed by atoms with E-state index in [9.17, 15) is 4.79 Å². The number of ether oxygens (including phenoxy) is 2. The van der Waals surface area contributed by atoms with Gasteiger partial charge in [-0.3, -0.25) is 4.79 Å². The summed E-state index contributed by atoms with van der Waals surface area (Å²) in [6.45, 7) is 1.93. The average molecular weight is 102 g/mol. The molecule has 0 spiro atoms. The molecule has 1 rings (SSSR count). The topological polar surface area (TPSA) is 38.8 Å². The zero-order valence-corrected chi connectivity index (χ0v) is 4.01. The van der Waals surface area contributed by atoms with E-state index in [0.717, 1.165) is 0 Å². The predicted molar refractivity (Wildman–Crippen MR) is 21.5 cm³/mol. The van der Waals surface area contributed by atoms with Crippen LogP contribution < -0.4 is 0 Å². The smallest absolute Gasteiger partial charge is 0.305 e. The van der Waals surface area contributed by atoms with E-state index in [-0.39, 0.29) is 12.3 Å². The lowest BCUT2D eigenvalue weighted by molar-refractivity contribution is -0.145. The lowest BCUT2D eigenvalue weighted by Crippen LogP contribution is -2.00. The number of rotatable bonds is 1. The Morgan fingerprint density at radius 3 is 2.71 bits per heavy atom. The second-order valence-electron chi connectivity index (χ2n) is 1.37. The summed E-state index contributed by atoms with van der Waals surface area (Å²) in [6.07, 6.45) is -0.225. The SMILES string of the molecule is CC(=O)OC1CO1. The summed E-state index contributed by atoms with van der Waals surface area (Å²) in [5, 5.41) is 0. The summed E-state index contributed by atoms with van der Waals surface area (Å²) in [7, 11) is 0. The van der Waals surface area contributed by atoms with Crippen LogP contribution in [-0.2, 0) is 14.3 Å². The monoisotopic (exact) mass is 102 g/mol. The first-order valence-corrected chi connectivity index (χ1v) is 2.08. The molecule has 0 N–H and O–H groups in total. The van der Waals surface area contributed by atoms with E-state index in [1.807, 2.05) is 0 Å². The maximum atomic E-state index is 9.99. The number of carbonyl (C=O) groups excluding carboxylic acids is 1. The van der Waals surface area contributed by atoms with Crippen molar-refractivity contribution in [2.24, 2.45) is 0 Å². The maximum Gasteiger partial charge on any atom is 0.305 e. The van der Waals surface area contributed by atoms with E-state index in [2.05, 4.69) is 9.47 Å². The van der Waals surface area contributed by atoms with Crippen molar-refractivity contribution in [3.05, 3.63) is 0 Å². The average Bonchev–Trinajstić information content (AvgIpc) is 2.17. The van der Waals surface area contributed by atoms with Gasteiger partial charge in [0.25, 0.3) is 0 Å². The van der Waals surface area contributed by atoms with E-state index in [1.165, 1.54) is 6.92 Å². The van der Waals surface area contributed by atoms with Gasteiger partial charge in [0.2, 0.25) is 6.29 Å². The van der Waals surface area contributed by atoms with Crippen molar-refractivity contribution in [3.63, 3.8) is 0 Å². The van der Waals surface area contributed by atoms with Crippen molar-refractivity contribution in [2.45, 2.75) is 13.2 Å². The highest BCUT2D eigenvalue weighted by molar-refractivity contribution is 5.66. The maximum absolute atomic E-state index is 9.99. The molecular formula is C4H6O3. The van der Waals surface area contributed by atoms with Gasteiger partial charge in [0.1, 0.15) is 6.61 Å². The zero-order valence-electron chi connectivity index (χ0n) is 4.01. The number of carbonyl (C=O) groups is 1. The lowest BCUT2D eigenvalue weighted by Gasteiger charge is -1.89. The van der Waals surface area contributed by atoms with Gasteiger partial charge in [-0.25, -0.2) is 0 Å². The summed E-state index contributed by atoms with van der Waals surface area (Å²) >= 11 is 0. The van der Waals surface area contributed by atoms with Gasteiger partial charge in [0.05, 0.1) is 0 Å². The molecule has 0 amide bonds. The minimum atomic E-state index is -0.275. The Bertz CT molecular complexity index is 84.9. The quantitative estimate of drug-likeness (QED) is 0.343. The molecule has 3 heteroatoms. The van der Waals surface area contributed by atoms with Gasteiger partial charge < -0.3 is 9.47 Å². The molecule has 1 unspecified atom stereocenters. The molecular weight excluding hydrogens is 96.0 g/mol. The van der Waals surface area contributed by atoms with E-state index in [1.54, 1.807) is 0 Å². The summed E-state index contributed by atoms with van der Waals surface area (Å²) < 4.78 is 9.08. The van der Waals surface area contributed by atoms with Crippen LogP contribution in [0, 0.1) is 0 Å². The third-order valence-electron chi connectivity index (χ3n) is 0.600. The van der Waals surface area contributed by atoms with Crippen molar-refractivity contribution in [2.75, 3.05) is 6.61 Å². The van der Waals surface area contributed by atoms with Gasteiger partial charge >= 0.3 is 5.97 Å². The van der Waals surface area contributed by atoms with Crippen LogP contribution in [0.15, 0.2) is 0 Å². The minimum Gasteiger partial charge on any atom is -0.433 e. The van der Waals surface area contributed by atoms with Crippen LogP contribution in [0.25, 0.3) is 0 Å². The Kier molecular flexibility index (Phi) is 0.982. The minimum absolute atomic E-state index is 0.225. The largest absolute Gasteiger partial charge is 0.433 e. The fraction of sp³-hybridized carbons (Fsp3) is 0.750. The molecule has 1 atom stereocenters. The molecule has 1 aliphatic rings. The highest BCUT2D eigenvalue weighted by atomic mass is 16.8. The van der Waals surface area contributed by atoms with Crippen molar-refractivity contribution < 1.29 is 14.3 Å². The Morgan fingerprint density at radius 2 is 2.57 bits per heavy atom. The summed E-state index contributed by atoms with van der Waals surface area (Å²) in [5.74, 6) is -0.275. The number of hydrogen-bond donors (Lipinski definition) is 0. The van der Waals surface area contributed by atoms with Gasteiger partial charge in [0.15, 0.2) is 0 Å². The Balaban J connectivity index is 2.08. The fourth-order valence-corrected chi connectivity index (χ4v) is 0.292. The molecule has 1 saturated heterocycles. The second kappa shape index (κ2) is 1.50. The molecule has 0 bridgehead atoms. The van der Waals surface area contributed by atoms with Crippen LogP contribution in [0.1, 0.15) is 6.92 Å². The van der Waals surface area contributed by atoms with Crippen LogP contribution in [0.2, 0.25) is 0 Å². The Labute approximate surface area is 41.2 Å². The van der Waals surface area contributed by atoms with Crippen molar-refractivity contribution >= 4 is 5.97 Å². The van der Waals surface area contributed by atoms with Crippen molar-refractivity contribution in [1.29, 1.82) is 0 Å². The van der Waals surface area contributed by atoms with Crippen molar-refractivity contribution in [1.82, 2.24) is 0 Å². The van der Waals surface area contributed by atoms with Gasteiger partial charge in [-0.05, 0) is 0 Å². The fourth-order valence-electron chi connectivity index (χ4n) is 0.292. The van der Waals surface area contributed by atoms with Crippen LogP contribution in [0.5, 0.6) is 0 Å². The standard InChI is InChI=1S/C4H6O3/c1-3(5)7-4-2-6-4/h4H,2H2,1H3. The molecule has 0 saturated carbocycles. The van der Waals surface area contributed by atoms with Crippen LogP contribution >= 0.6 is 0 Å². The first kappa shape index (κ1) is 4.59. The van der Waals surface area contributed by atoms with Gasteiger partial charge in [-0.1, -0.05) is 0 Å². The van der Waals surface area contributed by atoms with Gasteiger partial charge in [-0.15, -0.1) is 0 Å². The first-order chi connectivity index (χ1) is 3.29. The molecule has 1 heterocycles. The van der Waals surface area contributed by atoms with Crippen molar-refractivity contribution in [3.8, 4) is 0 Å². The molecule has 3 nitrogen and oxygen atoms in total. The van der Waals surface area contributed by atoms with Crippen LogP contribution in [0.4, 0.5) is 0 Å². The number of epoxide rings is 1. The normalized spacial score (nSPS) is 26.7. The third kappa shape index (κ3) is 1.55. The molecule has 1 fully saturated rings. The lowest BCUT2D eigenvalue weighted by atomic mass is 10.8. The first-order valence-electron chi connectivity index (χ1n) is 2.08. The third-order valence-corrected chi connectivity index (χ3v) is 0.600. The highest BCUT2D eigenvalue weighted by Gasteiger charge is 2.25. The molecule has 1 aliphatic heterocycles. The Morgan fingerprint density at radius 1 is 2.00 bits per heavy atom. The Hall–Kier alpha value is -0.570. The van der Waals surface area contributed by atoms with Gasteiger partial charge in [-0.2, -0.15) is 0 Å². The molecule has 0 aromatic carbocycles. The number of esters is 1. The number of hydrogen-bond acceptors (Lipinski definition) is 3. The summed E-state index contributed by atoms with van der Waals surface area (Å²) in [5.41, 5.74) is 0. The van der Waals surface area contributed by atoms with Crippen LogP contribution in [0.3, 0.4) is 0 Å². The predicted octanol–water partition coefficient (Wildman–Crippen LogP) is -0.0942.